The molecule has 1 fully saturated rings. The molecule has 4 nitrogen and oxygen atoms in total. The highest BCUT2D eigenvalue weighted by Gasteiger charge is 2.50. The van der Waals surface area contributed by atoms with Crippen molar-refractivity contribution >= 4 is 8.32 Å². The van der Waals surface area contributed by atoms with Crippen LogP contribution in [0.2, 0.25) is 18.1 Å². The van der Waals surface area contributed by atoms with E-state index in [-0.39, 0.29) is 29.4 Å². The van der Waals surface area contributed by atoms with Crippen molar-refractivity contribution in [2.24, 2.45) is 0 Å². The lowest BCUT2D eigenvalue weighted by atomic mass is 9.98. The molecule has 0 spiro atoms. The van der Waals surface area contributed by atoms with E-state index in [4.69, 9.17) is 13.9 Å². The molecule has 1 unspecified atom stereocenters. The van der Waals surface area contributed by atoms with Crippen molar-refractivity contribution in [3.63, 3.8) is 0 Å². The van der Waals surface area contributed by atoms with E-state index < -0.39 is 14.1 Å². The highest BCUT2D eigenvalue weighted by atomic mass is 28.4. The van der Waals surface area contributed by atoms with Gasteiger partial charge in [-0.3, -0.25) is 0 Å². The van der Waals surface area contributed by atoms with Crippen molar-refractivity contribution in [2.45, 2.75) is 95.9 Å². The summed E-state index contributed by atoms with van der Waals surface area (Å²) >= 11 is 0. The number of hydrogen-bond acceptors (Lipinski definition) is 4. The number of nitrogens with one attached hydrogen (secondary N) is 1. The van der Waals surface area contributed by atoms with E-state index in [1.807, 2.05) is 32.1 Å². The van der Waals surface area contributed by atoms with Gasteiger partial charge in [0.2, 0.25) is 0 Å². The molecular weight excluding hydrogens is 390 g/mol. The minimum atomic E-state index is -2.07. The van der Waals surface area contributed by atoms with Gasteiger partial charge in [0.05, 0.1) is 6.10 Å². The molecule has 0 radical (unpaired) electrons. The quantitative estimate of drug-likeness (QED) is 0.374. The third kappa shape index (κ3) is 6.38. The van der Waals surface area contributed by atoms with Crippen LogP contribution < -0.4 is 5.32 Å². The first-order valence-electron chi connectivity index (χ1n) is 10.9. The van der Waals surface area contributed by atoms with Gasteiger partial charge >= 0.3 is 0 Å². The highest BCUT2D eigenvalue weighted by Crippen LogP contribution is 2.41. The molecule has 1 saturated heterocycles. The van der Waals surface area contributed by atoms with E-state index in [0.717, 1.165) is 13.0 Å². The summed E-state index contributed by atoms with van der Waals surface area (Å²) in [6.07, 6.45) is 3.92. The Morgan fingerprint density at radius 1 is 1.17 bits per heavy atom. The van der Waals surface area contributed by atoms with Crippen LogP contribution >= 0.6 is 0 Å². The Hall–Kier alpha value is -1.24. The molecule has 5 heteroatoms. The maximum absolute atomic E-state index is 6.99. The molecule has 1 heterocycles. The van der Waals surface area contributed by atoms with E-state index in [1.54, 1.807) is 0 Å². The molecular formula is C25H41NO3Si. The average molecular weight is 432 g/mol. The molecule has 30 heavy (non-hydrogen) atoms. The first-order chi connectivity index (χ1) is 13.9. The van der Waals surface area contributed by atoms with Crippen LogP contribution in [0.15, 0.2) is 55.6 Å². The molecule has 0 amide bonds. The molecule has 1 aromatic rings. The fraction of sp³-hybridized carbons (Fsp3) is 0.600. The Morgan fingerprint density at radius 3 is 2.33 bits per heavy atom. The smallest absolute Gasteiger partial charge is 0.192 e. The number of hydrogen-bond donors (Lipinski definition) is 1. The fourth-order valence-electron chi connectivity index (χ4n) is 3.51. The van der Waals surface area contributed by atoms with Crippen LogP contribution in [0.4, 0.5) is 0 Å². The molecule has 168 valence electrons. The molecule has 0 aliphatic carbocycles. The highest BCUT2D eigenvalue weighted by molar-refractivity contribution is 6.74. The Morgan fingerprint density at radius 2 is 1.80 bits per heavy atom. The molecule has 4 atom stereocenters. The summed E-state index contributed by atoms with van der Waals surface area (Å²) in [6.45, 7) is 24.0. The van der Waals surface area contributed by atoms with Gasteiger partial charge in [-0.15, -0.1) is 13.2 Å². The van der Waals surface area contributed by atoms with Crippen molar-refractivity contribution < 1.29 is 13.9 Å². The predicted octanol–water partition coefficient (Wildman–Crippen LogP) is 5.82. The van der Waals surface area contributed by atoms with Crippen LogP contribution in [0.25, 0.3) is 0 Å². The summed E-state index contributed by atoms with van der Waals surface area (Å²) < 4.78 is 19.5. The number of rotatable bonds is 10. The Kier molecular flexibility index (Phi) is 8.27. The molecule has 1 aliphatic heterocycles. The standard InChI is InChI=1S/C25H41NO3Si/c1-10-15-20(26-18-19-16-13-12-14-17-19)22(29-30(8,9)24(3,4)5)23-21(11-2)27-25(6,7)28-23/h10-14,16-17,20-23,26H,1-2,15,18H2,3-9H3/t20?,21-,22-,23-/m0/s1. The van der Waals surface area contributed by atoms with E-state index in [2.05, 4.69) is 76.6 Å². The zero-order chi connectivity index (χ0) is 22.6. The molecule has 0 aromatic heterocycles. The van der Waals surface area contributed by atoms with Gasteiger partial charge in [0.1, 0.15) is 12.2 Å². The van der Waals surface area contributed by atoms with Gasteiger partial charge in [0.15, 0.2) is 14.1 Å². The Labute approximate surface area is 184 Å². The zero-order valence-corrected chi connectivity index (χ0v) is 20.9. The lowest BCUT2D eigenvalue weighted by Crippen LogP contribution is -2.56. The number of benzene rings is 1. The molecule has 1 aromatic carbocycles. The van der Waals surface area contributed by atoms with Gasteiger partial charge in [0, 0.05) is 12.6 Å². The maximum atomic E-state index is 6.99. The van der Waals surface area contributed by atoms with E-state index >= 15 is 0 Å². The molecule has 2 rings (SSSR count). The van der Waals surface area contributed by atoms with Gasteiger partial charge in [-0.25, -0.2) is 0 Å². The lowest BCUT2D eigenvalue weighted by Gasteiger charge is -2.43. The van der Waals surface area contributed by atoms with Crippen LogP contribution in [-0.2, 0) is 20.4 Å². The topological polar surface area (TPSA) is 39.7 Å². The van der Waals surface area contributed by atoms with Crippen molar-refractivity contribution in [1.82, 2.24) is 5.32 Å². The normalized spacial score (nSPS) is 23.7. The van der Waals surface area contributed by atoms with E-state index in [9.17, 15) is 0 Å². The molecule has 0 bridgehead atoms. The van der Waals surface area contributed by atoms with E-state index in [0.29, 0.717) is 0 Å². The summed E-state index contributed by atoms with van der Waals surface area (Å²) in [5, 5.41) is 3.80. The van der Waals surface area contributed by atoms with Crippen LogP contribution in [0.1, 0.15) is 46.6 Å². The van der Waals surface area contributed by atoms with Crippen molar-refractivity contribution in [2.75, 3.05) is 0 Å². The van der Waals surface area contributed by atoms with Crippen LogP contribution in [0.3, 0.4) is 0 Å². The summed E-state index contributed by atoms with van der Waals surface area (Å²) in [4.78, 5) is 0. The minimum Gasteiger partial charge on any atom is -0.410 e. The number of ether oxygens (including phenoxy) is 2. The third-order valence-corrected chi connectivity index (χ3v) is 10.7. The Balaban J connectivity index is 2.35. The van der Waals surface area contributed by atoms with E-state index in [1.165, 1.54) is 5.56 Å². The van der Waals surface area contributed by atoms with Crippen molar-refractivity contribution in [3.8, 4) is 0 Å². The summed E-state index contributed by atoms with van der Waals surface area (Å²) in [7, 11) is -2.07. The summed E-state index contributed by atoms with van der Waals surface area (Å²) in [6, 6.07) is 10.5. The fourth-order valence-corrected chi connectivity index (χ4v) is 4.84. The van der Waals surface area contributed by atoms with Gasteiger partial charge < -0.3 is 19.2 Å². The van der Waals surface area contributed by atoms with Gasteiger partial charge in [-0.2, -0.15) is 0 Å². The van der Waals surface area contributed by atoms with Gasteiger partial charge in [-0.05, 0) is 44.0 Å². The first-order valence-corrected chi connectivity index (χ1v) is 13.9. The zero-order valence-electron chi connectivity index (χ0n) is 19.9. The van der Waals surface area contributed by atoms with Crippen LogP contribution in [-0.4, -0.2) is 38.5 Å². The molecule has 1 N–H and O–H groups in total. The molecule has 1 aliphatic rings. The van der Waals surface area contributed by atoms with Crippen LogP contribution in [0.5, 0.6) is 0 Å². The maximum Gasteiger partial charge on any atom is 0.192 e. The third-order valence-electron chi connectivity index (χ3n) is 6.18. The van der Waals surface area contributed by atoms with Crippen molar-refractivity contribution in [1.29, 1.82) is 0 Å². The predicted molar refractivity (Wildman–Crippen MR) is 128 cm³/mol. The second-order valence-corrected chi connectivity index (χ2v) is 14.9. The first kappa shape index (κ1) is 25.0. The summed E-state index contributed by atoms with van der Waals surface area (Å²) in [5.74, 6) is -0.670. The second kappa shape index (κ2) is 9.92. The largest absolute Gasteiger partial charge is 0.410 e. The Bertz CT molecular complexity index is 696. The van der Waals surface area contributed by atoms with Gasteiger partial charge in [-0.1, -0.05) is 63.3 Å². The SMILES string of the molecule is C=CCC(NCc1ccccc1)[C@H](O[Si](C)(C)C(C)(C)C)[C@H]1OC(C)(C)O[C@H]1C=C. The van der Waals surface area contributed by atoms with Crippen molar-refractivity contribution in [3.05, 3.63) is 61.2 Å². The summed E-state index contributed by atoms with van der Waals surface area (Å²) in [5.41, 5.74) is 1.24. The second-order valence-electron chi connectivity index (χ2n) is 10.1. The lowest BCUT2D eigenvalue weighted by molar-refractivity contribution is -0.154. The monoisotopic (exact) mass is 431 g/mol. The minimum absolute atomic E-state index is 0.0433. The van der Waals surface area contributed by atoms with Crippen LogP contribution in [0, 0.1) is 0 Å². The molecule has 0 saturated carbocycles. The van der Waals surface area contributed by atoms with Gasteiger partial charge in [0.25, 0.3) is 0 Å². The average Bonchev–Trinajstić information content (AvgIpc) is 2.98.